The molecule has 1 atom stereocenters. The van der Waals surface area contributed by atoms with Crippen molar-refractivity contribution in [1.29, 1.82) is 0 Å². The molecule has 32 heavy (non-hydrogen) atoms. The number of nitrogens with zero attached hydrogens (tertiary/aromatic N) is 7. The van der Waals surface area contributed by atoms with Crippen molar-refractivity contribution < 1.29 is 9.18 Å². The molecule has 0 unspecified atom stereocenters. The molecule has 1 aromatic carbocycles. The fraction of sp³-hybridized carbons (Fsp3) is 0.381. The van der Waals surface area contributed by atoms with Crippen LogP contribution in [0.4, 0.5) is 21.7 Å². The summed E-state index contributed by atoms with van der Waals surface area (Å²) >= 11 is 0. The predicted octanol–water partition coefficient (Wildman–Crippen LogP) is 1.83. The van der Waals surface area contributed by atoms with Crippen molar-refractivity contribution in [3.63, 3.8) is 0 Å². The third-order valence-corrected chi connectivity index (χ3v) is 5.97. The van der Waals surface area contributed by atoms with Crippen molar-refractivity contribution in [2.24, 2.45) is 7.05 Å². The zero-order chi connectivity index (χ0) is 22.4. The monoisotopic (exact) mass is 437 g/mol. The molecular formula is C21H24FN9O. The number of nitrogens with two attached hydrogens (primary N) is 1. The minimum atomic E-state index is -0.305. The highest BCUT2D eigenvalue weighted by molar-refractivity contribution is 5.98. The Morgan fingerprint density at radius 2 is 2.06 bits per heavy atom. The molecule has 1 fully saturated rings. The van der Waals surface area contributed by atoms with Gasteiger partial charge in [0.1, 0.15) is 5.82 Å². The van der Waals surface area contributed by atoms with Crippen LogP contribution in [0.15, 0.2) is 24.4 Å². The Morgan fingerprint density at radius 3 is 2.91 bits per heavy atom. The Labute approximate surface area is 184 Å². The van der Waals surface area contributed by atoms with Gasteiger partial charge in [-0.25, -0.2) is 9.37 Å². The zero-order valence-electron chi connectivity index (χ0n) is 17.9. The molecule has 0 radical (unpaired) electrons. The van der Waals surface area contributed by atoms with Crippen LogP contribution >= 0.6 is 0 Å². The van der Waals surface area contributed by atoms with Crippen LogP contribution in [0.25, 0.3) is 11.4 Å². The van der Waals surface area contributed by atoms with Crippen LogP contribution in [0.5, 0.6) is 0 Å². The summed E-state index contributed by atoms with van der Waals surface area (Å²) in [5, 5.41) is 16.0. The second-order valence-electron chi connectivity index (χ2n) is 8.15. The van der Waals surface area contributed by atoms with Gasteiger partial charge in [0.25, 0.3) is 5.91 Å². The first-order chi connectivity index (χ1) is 15.4. The molecule has 166 valence electrons. The topological polar surface area (TPSA) is 118 Å². The van der Waals surface area contributed by atoms with Crippen molar-refractivity contribution in [3.8, 4) is 11.4 Å². The van der Waals surface area contributed by atoms with Crippen molar-refractivity contribution in [2.75, 3.05) is 42.6 Å². The van der Waals surface area contributed by atoms with E-state index in [1.807, 2.05) is 4.90 Å². The van der Waals surface area contributed by atoms with Crippen molar-refractivity contribution in [1.82, 2.24) is 29.9 Å². The van der Waals surface area contributed by atoms with E-state index in [1.54, 1.807) is 42.0 Å². The molecule has 2 aliphatic heterocycles. The summed E-state index contributed by atoms with van der Waals surface area (Å²) in [6, 6.07) is 4.60. The maximum absolute atomic E-state index is 14.2. The van der Waals surface area contributed by atoms with Gasteiger partial charge in [-0.05, 0) is 31.0 Å². The molecule has 2 bridgehead atoms. The van der Waals surface area contributed by atoms with E-state index in [1.165, 1.54) is 6.07 Å². The Balaban J connectivity index is 1.70. The lowest BCUT2D eigenvalue weighted by atomic mass is 10.0. The number of carbonyl (C=O) groups is 1. The average Bonchev–Trinajstić information content (AvgIpc) is 3.40. The number of nitrogen functional groups attached to an aromatic ring is 1. The lowest BCUT2D eigenvalue weighted by Crippen LogP contribution is -2.33. The van der Waals surface area contributed by atoms with Gasteiger partial charge in [-0.3, -0.25) is 9.48 Å². The molecule has 10 nitrogen and oxygen atoms in total. The first kappa shape index (κ1) is 20.2. The number of hydrogen-bond donors (Lipinski definition) is 2. The fourth-order valence-electron chi connectivity index (χ4n) is 4.42. The normalized spacial score (nSPS) is 18.5. The molecule has 0 saturated carbocycles. The number of nitrogens with one attached hydrogen (secondary N) is 1. The third kappa shape index (κ3) is 3.39. The molecule has 0 spiro atoms. The summed E-state index contributed by atoms with van der Waals surface area (Å²) < 4.78 is 15.8. The zero-order valence-corrected chi connectivity index (χ0v) is 17.9. The fourth-order valence-corrected chi connectivity index (χ4v) is 4.42. The summed E-state index contributed by atoms with van der Waals surface area (Å²) in [6.45, 7) is 1.64. The number of likely N-dealkylation sites (N-methyl/N-ethyl adjacent to an activating group) is 1. The standard InChI is InChI=1S/C21H24FN9O/c1-29-9-7-24-15-6-5-12(22)10-13(15)16-4-3-8-31(16)20-18(23)26-27-19(25-20)14-11-30(2)28-17(14)21(29)32/h5-6,10-11,16,24H,3-4,7-9H2,1-2H3,(H2,23,26)/t16-/m1/s1. The van der Waals surface area contributed by atoms with E-state index < -0.39 is 0 Å². The predicted molar refractivity (Wildman–Crippen MR) is 118 cm³/mol. The van der Waals surface area contributed by atoms with E-state index in [0.717, 1.165) is 24.1 Å². The van der Waals surface area contributed by atoms with Gasteiger partial charge in [-0.1, -0.05) is 0 Å². The quantitative estimate of drug-likeness (QED) is 0.547. The average molecular weight is 437 g/mol. The Morgan fingerprint density at radius 1 is 1.22 bits per heavy atom. The number of rotatable bonds is 0. The number of aromatic nitrogens is 5. The van der Waals surface area contributed by atoms with E-state index in [4.69, 9.17) is 10.7 Å². The first-order valence-electron chi connectivity index (χ1n) is 10.5. The van der Waals surface area contributed by atoms with Crippen LogP contribution in [0.2, 0.25) is 0 Å². The number of halogens is 1. The third-order valence-electron chi connectivity index (χ3n) is 5.97. The molecule has 3 N–H and O–H groups in total. The summed E-state index contributed by atoms with van der Waals surface area (Å²) in [4.78, 5) is 21.4. The second kappa shape index (κ2) is 7.74. The van der Waals surface area contributed by atoms with Gasteiger partial charge in [-0.2, -0.15) is 5.10 Å². The van der Waals surface area contributed by atoms with E-state index in [0.29, 0.717) is 31.0 Å². The van der Waals surface area contributed by atoms with Crippen LogP contribution in [0, 0.1) is 5.82 Å². The van der Waals surface area contributed by atoms with E-state index in [-0.39, 0.29) is 35.1 Å². The Hall–Kier alpha value is -3.76. The van der Waals surface area contributed by atoms with Gasteiger partial charge in [0, 0.05) is 51.2 Å². The molecule has 11 heteroatoms. The summed E-state index contributed by atoms with van der Waals surface area (Å²) in [7, 11) is 3.45. The van der Waals surface area contributed by atoms with Crippen molar-refractivity contribution in [2.45, 2.75) is 18.9 Å². The minimum Gasteiger partial charge on any atom is -0.383 e. The van der Waals surface area contributed by atoms with Gasteiger partial charge in [-0.15, -0.1) is 10.2 Å². The van der Waals surface area contributed by atoms with E-state index in [9.17, 15) is 9.18 Å². The van der Waals surface area contributed by atoms with Crippen LogP contribution < -0.4 is 16.0 Å². The highest BCUT2D eigenvalue weighted by Gasteiger charge is 2.32. The number of hydrogen-bond acceptors (Lipinski definition) is 8. The highest BCUT2D eigenvalue weighted by Crippen LogP contribution is 2.40. The van der Waals surface area contributed by atoms with Crippen molar-refractivity contribution in [3.05, 3.63) is 41.5 Å². The molecule has 0 aliphatic carbocycles. The molecular weight excluding hydrogens is 413 g/mol. The lowest BCUT2D eigenvalue weighted by molar-refractivity contribution is 0.0794. The van der Waals surface area contributed by atoms with Gasteiger partial charge in [0.15, 0.2) is 23.2 Å². The number of carbonyl (C=O) groups excluding carboxylic acids is 1. The first-order valence-corrected chi connectivity index (χ1v) is 10.5. The van der Waals surface area contributed by atoms with Gasteiger partial charge >= 0.3 is 0 Å². The Kier molecular flexibility index (Phi) is 4.87. The maximum atomic E-state index is 14.2. The molecule has 5 rings (SSSR count). The highest BCUT2D eigenvalue weighted by atomic mass is 19.1. The lowest BCUT2D eigenvalue weighted by Gasteiger charge is -2.29. The smallest absolute Gasteiger partial charge is 0.274 e. The second-order valence-corrected chi connectivity index (χ2v) is 8.15. The van der Waals surface area contributed by atoms with Gasteiger partial charge in [0.2, 0.25) is 0 Å². The molecule has 4 heterocycles. The number of fused-ring (bicyclic) bond motifs is 8. The van der Waals surface area contributed by atoms with Crippen LogP contribution in [0.1, 0.15) is 34.9 Å². The van der Waals surface area contributed by atoms with Crippen molar-refractivity contribution >= 4 is 23.2 Å². The molecule has 2 aromatic heterocycles. The largest absolute Gasteiger partial charge is 0.383 e. The van der Waals surface area contributed by atoms with Crippen LogP contribution in [-0.2, 0) is 7.05 Å². The van der Waals surface area contributed by atoms with Gasteiger partial charge in [0.05, 0.1) is 11.6 Å². The minimum absolute atomic E-state index is 0.115. The SMILES string of the molecule is CN1CCNc2ccc(F)cc2[C@H]2CCCN2c2nc(nnc2N)-c2cn(C)nc2C1=O. The summed E-state index contributed by atoms with van der Waals surface area (Å²) in [5.41, 5.74) is 8.58. The van der Waals surface area contributed by atoms with Crippen LogP contribution in [-0.4, -0.2) is 62.5 Å². The molecule has 3 aromatic rings. The van der Waals surface area contributed by atoms with Gasteiger partial charge < -0.3 is 20.9 Å². The van der Waals surface area contributed by atoms with E-state index in [2.05, 4.69) is 20.6 Å². The molecule has 1 amide bonds. The number of aryl methyl sites for hydroxylation is 1. The van der Waals surface area contributed by atoms with E-state index >= 15 is 0 Å². The molecule has 1 saturated heterocycles. The number of amides is 1. The number of benzene rings is 1. The molecule has 2 aliphatic rings. The summed E-state index contributed by atoms with van der Waals surface area (Å²) in [6.07, 6.45) is 3.43. The number of anilines is 3. The maximum Gasteiger partial charge on any atom is 0.274 e. The summed E-state index contributed by atoms with van der Waals surface area (Å²) in [5.74, 6) is 0.382. The van der Waals surface area contributed by atoms with Crippen LogP contribution in [0.3, 0.4) is 0 Å². The Bertz CT molecular complexity index is 1190.